The van der Waals surface area contributed by atoms with E-state index in [4.69, 9.17) is 9.47 Å². The highest BCUT2D eigenvalue weighted by molar-refractivity contribution is 9.10. The van der Waals surface area contributed by atoms with Gasteiger partial charge in [0.15, 0.2) is 0 Å². The predicted molar refractivity (Wildman–Crippen MR) is 76.2 cm³/mol. The number of halogens is 1. The Kier molecular flexibility index (Phi) is 4.26. The molecule has 0 aliphatic carbocycles. The van der Waals surface area contributed by atoms with Gasteiger partial charge in [0.1, 0.15) is 18.1 Å². The normalized spacial score (nSPS) is 10.2. The molecule has 94 valence electrons. The molecule has 18 heavy (non-hydrogen) atoms. The molecule has 0 saturated heterocycles. The van der Waals surface area contributed by atoms with E-state index in [1.807, 2.05) is 49.4 Å². The topological polar surface area (TPSA) is 18.5 Å². The zero-order valence-electron chi connectivity index (χ0n) is 10.4. The van der Waals surface area contributed by atoms with Crippen LogP contribution < -0.4 is 9.47 Å². The van der Waals surface area contributed by atoms with Crippen LogP contribution in [-0.2, 0) is 6.61 Å². The van der Waals surface area contributed by atoms with Crippen molar-refractivity contribution in [3.63, 3.8) is 0 Å². The van der Waals surface area contributed by atoms with E-state index < -0.39 is 0 Å². The van der Waals surface area contributed by atoms with Gasteiger partial charge < -0.3 is 9.47 Å². The average Bonchev–Trinajstić information content (AvgIpc) is 2.38. The van der Waals surface area contributed by atoms with Crippen molar-refractivity contribution in [3.05, 3.63) is 58.1 Å². The molecule has 0 amide bonds. The van der Waals surface area contributed by atoms with Crippen molar-refractivity contribution < 1.29 is 9.47 Å². The molecule has 2 aromatic carbocycles. The van der Waals surface area contributed by atoms with Crippen LogP contribution in [0, 0.1) is 6.92 Å². The summed E-state index contributed by atoms with van der Waals surface area (Å²) in [6.07, 6.45) is 0. The molecule has 0 N–H and O–H groups in total. The maximum atomic E-state index is 5.79. The number of hydrogen-bond donors (Lipinski definition) is 0. The number of rotatable bonds is 4. The fraction of sp³-hybridized carbons (Fsp3) is 0.200. The fourth-order valence-electron chi connectivity index (χ4n) is 1.68. The van der Waals surface area contributed by atoms with Gasteiger partial charge in [-0.1, -0.05) is 24.3 Å². The number of para-hydroxylation sites is 1. The van der Waals surface area contributed by atoms with Crippen LogP contribution in [0.15, 0.2) is 46.9 Å². The summed E-state index contributed by atoms with van der Waals surface area (Å²) < 4.78 is 11.9. The molecule has 0 atom stereocenters. The van der Waals surface area contributed by atoms with E-state index in [0.717, 1.165) is 27.1 Å². The van der Waals surface area contributed by atoms with Crippen molar-refractivity contribution in [1.29, 1.82) is 0 Å². The Bertz CT molecular complexity index is 538. The first-order valence-electron chi connectivity index (χ1n) is 5.71. The van der Waals surface area contributed by atoms with Crippen LogP contribution in [0.1, 0.15) is 11.1 Å². The second kappa shape index (κ2) is 5.91. The van der Waals surface area contributed by atoms with E-state index in [9.17, 15) is 0 Å². The lowest BCUT2D eigenvalue weighted by molar-refractivity contribution is 0.303. The molecule has 0 radical (unpaired) electrons. The van der Waals surface area contributed by atoms with E-state index in [1.54, 1.807) is 7.11 Å². The van der Waals surface area contributed by atoms with Gasteiger partial charge in [-0.15, -0.1) is 0 Å². The van der Waals surface area contributed by atoms with Crippen molar-refractivity contribution in [2.45, 2.75) is 13.5 Å². The lowest BCUT2D eigenvalue weighted by Gasteiger charge is -2.10. The maximum Gasteiger partial charge on any atom is 0.133 e. The van der Waals surface area contributed by atoms with Crippen LogP contribution in [0.4, 0.5) is 0 Å². The lowest BCUT2D eigenvalue weighted by atomic mass is 10.2. The van der Waals surface area contributed by atoms with Gasteiger partial charge in [0.25, 0.3) is 0 Å². The highest BCUT2D eigenvalue weighted by Crippen LogP contribution is 2.26. The fourth-order valence-corrected chi connectivity index (χ4v) is 2.27. The smallest absolute Gasteiger partial charge is 0.133 e. The molecular formula is C15H15BrO2. The molecule has 0 spiro atoms. The number of aryl methyl sites for hydroxylation is 1. The van der Waals surface area contributed by atoms with Crippen LogP contribution in [0.2, 0.25) is 0 Å². The molecule has 2 aromatic rings. The minimum atomic E-state index is 0.549. The minimum Gasteiger partial charge on any atom is -0.496 e. The largest absolute Gasteiger partial charge is 0.496 e. The first-order chi connectivity index (χ1) is 8.70. The lowest BCUT2D eigenvalue weighted by Crippen LogP contribution is -1.97. The Hall–Kier alpha value is -1.48. The Balaban J connectivity index is 2.07. The van der Waals surface area contributed by atoms with E-state index in [-0.39, 0.29) is 0 Å². The molecule has 0 aliphatic rings. The molecule has 0 unspecified atom stereocenters. The molecule has 0 aromatic heterocycles. The van der Waals surface area contributed by atoms with Crippen LogP contribution >= 0.6 is 15.9 Å². The molecular weight excluding hydrogens is 292 g/mol. The Morgan fingerprint density at radius 1 is 1.06 bits per heavy atom. The highest BCUT2D eigenvalue weighted by Gasteiger charge is 2.03. The molecule has 2 nitrogen and oxygen atoms in total. The monoisotopic (exact) mass is 306 g/mol. The average molecular weight is 307 g/mol. The number of ether oxygens (including phenoxy) is 2. The van der Waals surface area contributed by atoms with Gasteiger partial charge in [-0.25, -0.2) is 0 Å². The molecule has 0 aliphatic heterocycles. The van der Waals surface area contributed by atoms with Gasteiger partial charge in [0.05, 0.1) is 11.6 Å². The van der Waals surface area contributed by atoms with Crippen molar-refractivity contribution >= 4 is 15.9 Å². The van der Waals surface area contributed by atoms with Crippen molar-refractivity contribution in [3.8, 4) is 11.5 Å². The zero-order valence-corrected chi connectivity index (χ0v) is 12.0. The predicted octanol–water partition coefficient (Wildman–Crippen LogP) is 4.35. The SMILES string of the molecule is COc1ccc(COc2ccccc2C)cc1Br. The highest BCUT2D eigenvalue weighted by atomic mass is 79.9. The van der Waals surface area contributed by atoms with Gasteiger partial charge in [-0.05, 0) is 52.2 Å². The maximum absolute atomic E-state index is 5.79. The van der Waals surface area contributed by atoms with Gasteiger partial charge >= 0.3 is 0 Å². The van der Waals surface area contributed by atoms with Gasteiger partial charge in [-0.3, -0.25) is 0 Å². The zero-order chi connectivity index (χ0) is 13.0. The van der Waals surface area contributed by atoms with Crippen LogP contribution in [-0.4, -0.2) is 7.11 Å². The second-order valence-corrected chi connectivity index (χ2v) is 4.88. The summed E-state index contributed by atoms with van der Waals surface area (Å²) in [5.41, 5.74) is 2.25. The van der Waals surface area contributed by atoms with Crippen LogP contribution in [0.5, 0.6) is 11.5 Å². The first kappa shape index (κ1) is 13.0. The summed E-state index contributed by atoms with van der Waals surface area (Å²) in [5, 5.41) is 0. The number of hydrogen-bond acceptors (Lipinski definition) is 2. The van der Waals surface area contributed by atoms with Gasteiger partial charge in [0, 0.05) is 0 Å². The first-order valence-corrected chi connectivity index (χ1v) is 6.51. The molecule has 0 heterocycles. The molecule has 0 bridgehead atoms. The Morgan fingerprint density at radius 2 is 1.83 bits per heavy atom. The van der Waals surface area contributed by atoms with E-state index in [1.165, 1.54) is 0 Å². The summed E-state index contributed by atoms with van der Waals surface area (Å²) in [6, 6.07) is 13.9. The standard InChI is InChI=1S/C15H15BrO2/c1-11-5-3-4-6-14(11)18-10-12-7-8-15(17-2)13(16)9-12/h3-9H,10H2,1-2H3. The third-order valence-electron chi connectivity index (χ3n) is 2.70. The van der Waals surface area contributed by atoms with Crippen LogP contribution in [0.25, 0.3) is 0 Å². The van der Waals surface area contributed by atoms with E-state index in [0.29, 0.717) is 6.61 Å². The molecule has 0 saturated carbocycles. The summed E-state index contributed by atoms with van der Waals surface area (Å²) in [4.78, 5) is 0. The van der Waals surface area contributed by atoms with E-state index >= 15 is 0 Å². The van der Waals surface area contributed by atoms with Crippen LogP contribution in [0.3, 0.4) is 0 Å². The second-order valence-electron chi connectivity index (χ2n) is 4.02. The van der Waals surface area contributed by atoms with Gasteiger partial charge in [-0.2, -0.15) is 0 Å². The molecule has 3 heteroatoms. The molecule has 0 fully saturated rings. The number of benzene rings is 2. The minimum absolute atomic E-state index is 0.549. The Labute approximate surface area is 116 Å². The Morgan fingerprint density at radius 3 is 2.50 bits per heavy atom. The summed E-state index contributed by atoms with van der Waals surface area (Å²) in [7, 11) is 1.66. The third kappa shape index (κ3) is 3.05. The van der Waals surface area contributed by atoms with Crippen molar-refractivity contribution in [2.75, 3.05) is 7.11 Å². The van der Waals surface area contributed by atoms with Crippen molar-refractivity contribution in [2.24, 2.45) is 0 Å². The van der Waals surface area contributed by atoms with Gasteiger partial charge in [0.2, 0.25) is 0 Å². The third-order valence-corrected chi connectivity index (χ3v) is 3.32. The number of methoxy groups -OCH3 is 1. The van der Waals surface area contributed by atoms with E-state index in [2.05, 4.69) is 15.9 Å². The summed E-state index contributed by atoms with van der Waals surface area (Å²) in [5.74, 6) is 1.75. The van der Waals surface area contributed by atoms with Crippen molar-refractivity contribution in [1.82, 2.24) is 0 Å². The summed E-state index contributed by atoms with van der Waals surface area (Å²) in [6.45, 7) is 2.59. The molecule has 2 rings (SSSR count). The summed E-state index contributed by atoms with van der Waals surface area (Å²) >= 11 is 3.47. The quantitative estimate of drug-likeness (QED) is 0.836.